The Balaban J connectivity index is 1.53. The predicted octanol–water partition coefficient (Wildman–Crippen LogP) is 2.32. The van der Waals surface area contributed by atoms with Gasteiger partial charge in [0.25, 0.3) is 11.5 Å². The van der Waals surface area contributed by atoms with Gasteiger partial charge in [0.15, 0.2) is 12.3 Å². The molecule has 2 aromatic carbocycles. The maximum atomic E-state index is 13.1. The van der Waals surface area contributed by atoms with Crippen molar-refractivity contribution < 1.29 is 27.5 Å². The van der Waals surface area contributed by atoms with Crippen LogP contribution in [0.3, 0.4) is 0 Å². The molecule has 4 aromatic rings. The Morgan fingerprint density at radius 2 is 1.88 bits per heavy atom. The lowest BCUT2D eigenvalue weighted by molar-refractivity contribution is -0.137. The summed E-state index contributed by atoms with van der Waals surface area (Å²) in [5, 5.41) is 12.4. The Morgan fingerprint density at radius 3 is 2.58 bits per heavy atom. The molecule has 13 heteroatoms. The Kier molecular flexibility index (Phi) is 5.60. The number of esters is 1. The fourth-order valence-corrected chi connectivity index (χ4v) is 3.00. The number of anilines is 1. The average Bonchev–Trinajstić information content (AvgIpc) is 3.32. The molecule has 0 fully saturated rings. The molecule has 0 aliphatic heterocycles. The molecular formula is C20H13F3N6O4. The van der Waals surface area contributed by atoms with Crippen molar-refractivity contribution in [2.24, 2.45) is 0 Å². The number of carbonyl (C=O) groups excluding carboxylic acids is 2. The number of alkyl halides is 3. The maximum Gasteiger partial charge on any atom is 0.416 e. The molecule has 168 valence electrons. The Morgan fingerprint density at radius 1 is 1.12 bits per heavy atom. The summed E-state index contributed by atoms with van der Waals surface area (Å²) in [7, 11) is 0. The van der Waals surface area contributed by atoms with Crippen LogP contribution in [-0.2, 0) is 15.7 Å². The number of aromatic amines is 1. The standard InChI is InChI=1S/C20H13F3N6O4/c21-20(22,23)11-5-6-15(29-10-24-9-25-29)14(7-11)26-16(30)8-33-19(32)17-12-3-1-2-4-13(12)18(31)28-27-17/h1-7,9-10H,8H2,(H,26,30)(H,28,31). The molecular weight excluding hydrogens is 445 g/mol. The zero-order valence-electron chi connectivity index (χ0n) is 16.5. The highest BCUT2D eigenvalue weighted by atomic mass is 19.4. The van der Waals surface area contributed by atoms with E-state index in [0.717, 1.165) is 22.9 Å². The molecule has 4 rings (SSSR count). The van der Waals surface area contributed by atoms with Crippen molar-refractivity contribution >= 4 is 28.3 Å². The van der Waals surface area contributed by atoms with Crippen LogP contribution in [0.2, 0.25) is 0 Å². The van der Waals surface area contributed by atoms with Gasteiger partial charge in [-0.2, -0.15) is 23.4 Å². The summed E-state index contributed by atoms with van der Waals surface area (Å²) in [6.07, 6.45) is -2.23. The molecule has 0 aliphatic rings. The molecule has 0 saturated heterocycles. The minimum atomic E-state index is -4.65. The van der Waals surface area contributed by atoms with Crippen LogP contribution in [0.5, 0.6) is 0 Å². The second-order valence-electron chi connectivity index (χ2n) is 6.64. The van der Waals surface area contributed by atoms with E-state index < -0.39 is 35.8 Å². The maximum absolute atomic E-state index is 13.1. The third-order valence-corrected chi connectivity index (χ3v) is 4.49. The van der Waals surface area contributed by atoms with E-state index in [2.05, 4.69) is 25.6 Å². The first-order valence-electron chi connectivity index (χ1n) is 9.24. The fourth-order valence-electron chi connectivity index (χ4n) is 3.00. The van der Waals surface area contributed by atoms with Gasteiger partial charge in [0.05, 0.1) is 22.3 Å². The minimum absolute atomic E-state index is 0.119. The molecule has 0 spiro atoms. The van der Waals surface area contributed by atoms with E-state index in [1.54, 1.807) is 12.1 Å². The van der Waals surface area contributed by atoms with E-state index in [9.17, 15) is 27.6 Å². The molecule has 33 heavy (non-hydrogen) atoms. The van der Waals surface area contributed by atoms with Crippen LogP contribution in [0.15, 0.2) is 59.9 Å². The van der Waals surface area contributed by atoms with Crippen LogP contribution in [-0.4, -0.2) is 43.4 Å². The van der Waals surface area contributed by atoms with Gasteiger partial charge in [0, 0.05) is 5.39 Å². The third-order valence-electron chi connectivity index (χ3n) is 4.49. The molecule has 0 radical (unpaired) electrons. The molecule has 10 nitrogen and oxygen atoms in total. The second kappa shape index (κ2) is 8.53. The number of ether oxygens (including phenoxy) is 1. The quantitative estimate of drug-likeness (QED) is 0.439. The van der Waals surface area contributed by atoms with Crippen LogP contribution >= 0.6 is 0 Å². The smallest absolute Gasteiger partial charge is 0.416 e. The van der Waals surface area contributed by atoms with Crippen LogP contribution < -0.4 is 10.9 Å². The van der Waals surface area contributed by atoms with Crippen molar-refractivity contribution in [1.82, 2.24) is 25.0 Å². The number of nitrogens with one attached hydrogen (secondary N) is 2. The molecule has 0 saturated carbocycles. The number of amides is 1. The Labute approximate surface area is 182 Å². The number of fused-ring (bicyclic) bond motifs is 1. The molecule has 0 atom stereocenters. The first-order chi connectivity index (χ1) is 15.7. The van der Waals surface area contributed by atoms with E-state index >= 15 is 0 Å². The number of carbonyl (C=O) groups is 2. The van der Waals surface area contributed by atoms with Crippen molar-refractivity contribution in [1.29, 1.82) is 0 Å². The summed E-state index contributed by atoms with van der Waals surface area (Å²) < 4.78 is 45.5. The summed E-state index contributed by atoms with van der Waals surface area (Å²) in [6.45, 7) is -0.818. The van der Waals surface area contributed by atoms with Crippen LogP contribution in [0.4, 0.5) is 18.9 Å². The number of hydrogen-bond acceptors (Lipinski definition) is 7. The van der Waals surface area contributed by atoms with E-state index in [1.807, 2.05) is 0 Å². The van der Waals surface area contributed by atoms with Gasteiger partial charge >= 0.3 is 12.1 Å². The van der Waals surface area contributed by atoms with Crippen molar-refractivity contribution in [3.8, 4) is 5.69 Å². The van der Waals surface area contributed by atoms with Gasteiger partial charge < -0.3 is 10.1 Å². The number of halogens is 3. The summed E-state index contributed by atoms with van der Waals surface area (Å²) in [5.41, 5.74) is -1.83. The van der Waals surface area contributed by atoms with Gasteiger partial charge in [-0.05, 0) is 24.3 Å². The van der Waals surface area contributed by atoms with Crippen molar-refractivity contribution in [2.45, 2.75) is 6.18 Å². The summed E-state index contributed by atoms with van der Waals surface area (Å²) in [4.78, 5) is 40.3. The van der Waals surface area contributed by atoms with Gasteiger partial charge in [-0.1, -0.05) is 18.2 Å². The van der Waals surface area contributed by atoms with Gasteiger partial charge in [-0.15, -0.1) is 0 Å². The number of hydrogen-bond donors (Lipinski definition) is 2. The largest absolute Gasteiger partial charge is 0.451 e. The number of aromatic nitrogens is 5. The average molecular weight is 458 g/mol. The molecule has 0 aliphatic carbocycles. The first kappa shape index (κ1) is 21.7. The number of H-pyrrole nitrogens is 1. The molecule has 0 bridgehead atoms. The highest BCUT2D eigenvalue weighted by molar-refractivity contribution is 6.03. The lowest BCUT2D eigenvalue weighted by Crippen LogP contribution is -2.23. The Bertz CT molecular complexity index is 1400. The van der Waals surface area contributed by atoms with Crippen LogP contribution in [0.25, 0.3) is 16.5 Å². The number of benzene rings is 2. The highest BCUT2D eigenvalue weighted by Crippen LogP contribution is 2.33. The van der Waals surface area contributed by atoms with Gasteiger partial charge in [0.2, 0.25) is 0 Å². The topological polar surface area (TPSA) is 132 Å². The molecule has 1 amide bonds. The van der Waals surface area contributed by atoms with E-state index in [-0.39, 0.29) is 27.8 Å². The highest BCUT2D eigenvalue weighted by Gasteiger charge is 2.31. The molecule has 2 aromatic heterocycles. The van der Waals surface area contributed by atoms with Crippen molar-refractivity contribution in [3.05, 3.63) is 76.7 Å². The molecule has 2 heterocycles. The fraction of sp³-hybridized carbons (Fsp3) is 0.100. The molecule has 0 unspecified atom stereocenters. The lowest BCUT2D eigenvalue weighted by Gasteiger charge is -2.14. The monoisotopic (exact) mass is 458 g/mol. The van der Waals surface area contributed by atoms with Gasteiger partial charge in [0.1, 0.15) is 12.7 Å². The van der Waals surface area contributed by atoms with Gasteiger partial charge in [-0.25, -0.2) is 19.6 Å². The minimum Gasteiger partial charge on any atom is -0.451 e. The van der Waals surface area contributed by atoms with Crippen molar-refractivity contribution in [3.63, 3.8) is 0 Å². The van der Waals surface area contributed by atoms with E-state index in [4.69, 9.17) is 4.74 Å². The van der Waals surface area contributed by atoms with Gasteiger partial charge in [-0.3, -0.25) is 9.59 Å². The predicted molar refractivity (Wildman–Crippen MR) is 108 cm³/mol. The second-order valence-corrected chi connectivity index (χ2v) is 6.64. The first-order valence-corrected chi connectivity index (χ1v) is 9.24. The summed E-state index contributed by atoms with van der Waals surface area (Å²) >= 11 is 0. The Hall–Kier alpha value is -4.55. The summed E-state index contributed by atoms with van der Waals surface area (Å²) in [5.74, 6) is -1.91. The van der Waals surface area contributed by atoms with Crippen LogP contribution in [0, 0.1) is 0 Å². The van der Waals surface area contributed by atoms with E-state index in [1.165, 1.54) is 24.8 Å². The normalized spacial score (nSPS) is 11.4. The zero-order chi connectivity index (χ0) is 23.6. The molecule has 2 N–H and O–H groups in total. The van der Waals surface area contributed by atoms with Crippen LogP contribution in [0.1, 0.15) is 16.1 Å². The zero-order valence-corrected chi connectivity index (χ0v) is 16.5. The van der Waals surface area contributed by atoms with E-state index in [0.29, 0.717) is 0 Å². The number of nitrogens with zero attached hydrogens (tertiary/aromatic N) is 4. The number of rotatable bonds is 5. The van der Waals surface area contributed by atoms with Crippen molar-refractivity contribution in [2.75, 3.05) is 11.9 Å². The SMILES string of the molecule is O=C(COC(=O)c1n[nH]c(=O)c2ccccc12)Nc1cc(C(F)(F)F)ccc1-n1cncn1. The lowest BCUT2D eigenvalue weighted by atomic mass is 10.1. The third kappa shape index (κ3) is 4.56. The summed E-state index contributed by atoms with van der Waals surface area (Å²) in [6, 6.07) is 8.84.